The zero-order valence-corrected chi connectivity index (χ0v) is 19.3. The Morgan fingerprint density at radius 2 is 1.63 bits per heavy atom. The molecular formula is C27H22F2N4O2. The molecule has 2 amide bonds. The third-order valence-corrected chi connectivity index (χ3v) is 5.93. The molecule has 1 aliphatic rings. The first-order valence-corrected chi connectivity index (χ1v) is 11.1. The van der Waals surface area contributed by atoms with Crippen molar-refractivity contribution in [2.24, 2.45) is 0 Å². The Hall–Kier alpha value is -4.33. The number of nitrogens with zero attached hydrogens (tertiary/aromatic N) is 3. The molecule has 1 aromatic heterocycles. The van der Waals surface area contributed by atoms with Crippen LogP contribution < -0.4 is 10.2 Å². The highest BCUT2D eigenvalue weighted by molar-refractivity contribution is 6.01. The highest BCUT2D eigenvalue weighted by Gasteiger charge is 2.36. The fourth-order valence-electron chi connectivity index (χ4n) is 4.24. The molecule has 0 fully saturated rings. The summed E-state index contributed by atoms with van der Waals surface area (Å²) in [4.78, 5) is 19.0. The van der Waals surface area contributed by atoms with E-state index in [-0.39, 0.29) is 11.6 Å². The zero-order chi connectivity index (χ0) is 24.7. The van der Waals surface area contributed by atoms with Gasteiger partial charge in [0.25, 0.3) is 5.89 Å². The summed E-state index contributed by atoms with van der Waals surface area (Å²) in [7, 11) is 0. The lowest BCUT2D eigenvalue weighted by Gasteiger charge is -2.35. The number of nitrogens with one attached hydrogen (secondary N) is 1. The van der Waals surface area contributed by atoms with Crippen molar-refractivity contribution in [1.82, 2.24) is 15.5 Å². The average Bonchev–Trinajstić information content (AvgIpc) is 3.28. The van der Waals surface area contributed by atoms with Crippen LogP contribution in [0.5, 0.6) is 0 Å². The molecule has 1 atom stereocenters. The fraction of sp³-hybridized carbons (Fsp3) is 0.148. The predicted molar refractivity (Wildman–Crippen MR) is 128 cm³/mol. The topological polar surface area (TPSA) is 71.3 Å². The maximum absolute atomic E-state index is 14.0. The predicted octanol–water partition coefficient (Wildman–Crippen LogP) is 6.33. The molecule has 8 heteroatoms. The van der Waals surface area contributed by atoms with Gasteiger partial charge in [0.15, 0.2) is 0 Å². The number of benzene rings is 3. The molecule has 0 bridgehead atoms. The Morgan fingerprint density at radius 3 is 2.31 bits per heavy atom. The van der Waals surface area contributed by atoms with Crippen molar-refractivity contribution in [2.75, 3.05) is 4.90 Å². The number of anilines is 1. The average molecular weight is 472 g/mol. The summed E-state index contributed by atoms with van der Waals surface area (Å²) in [6, 6.07) is 17.2. The molecule has 4 aromatic rings. The molecule has 1 N–H and O–H groups in total. The highest BCUT2D eigenvalue weighted by Crippen LogP contribution is 2.39. The SMILES string of the molecule is CC1=C(c2nc(-c3cccc(C)c3)no2)C(c2ccc(C)cc2)NC(=O)N1c1cc(F)cc(F)c1. The van der Waals surface area contributed by atoms with Gasteiger partial charge in [-0.05, 0) is 44.5 Å². The number of rotatable bonds is 4. The number of hydrogen-bond acceptors (Lipinski definition) is 4. The highest BCUT2D eigenvalue weighted by atomic mass is 19.1. The quantitative estimate of drug-likeness (QED) is 0.377. The Morgan fingerprint density at radius 1 is 0.914 bits per heavy atom. The largest absolute Gasteiger partial charge is 0.334 e. The first-order chi connectivity index (χ1) is 16.8. The standard InChI is InChI=1S/C27H22F2N4O2/c1-15-7-9-18(10-8-15)24-23(26-31-25(32-35-26)19-6-4-5-16(2)11-19)17(3)33(27(34)30-24)22-13-20(28)12-21(29)14-22/h4-14,24H,1-3H3,(H,30,34). The van der Waals surface area contributed by atoms with Crippen LogP contribution >= 0.6 is 0 Å². The number of aromatic nitrogens is 2. The molecule has 5 rings (SSSR count). The number of urea groups is 1. The van der Waals surface area contributed by atoms with Crippen molar-refractivity contribution < 1.29 is 18.1 Å². The van der Waals surface area contributed by atoms with Crippen molar-refractivity contribution in [3.8, 4) is 11.4 Å². The van der Waals surface area contributed by atoms with E-state index in [2.05, 4.69) is 15.5 Å². The summed E-state index contributed by atoms with van der Waals surface area (Å²) in [5.74, 6) is -0.983. The van der Waals surface area contributed by atoms with Crippen LogP contribution in [0.4, 0.5) is 19.3 Å². The first-order valence-electron chi connectivity index (χ1n) is 11.1. The fourth-order valence-corrected chi connectivity index (χ4v) is 4.24. The molecule has 0 aliphatic carbocycles. The molecule has 176 valence electrons. The lowest BCUT2D eigenvalue weighted by atomic mass is 9.94. The number of carbonyl (C=O) groups excluding carboxylic acids is 1. The van der Waals surface area contributed by atoms with E-state index in [0.29, 0.717) is 17.1 Å². The smallest absolute Gasteiger partial charge is 0.327 e. The van der Waals surface area contributed by atoms with E-state index in [9.17, 15) is 13.6 Å². The normalized spacial score (nSPS) is 16.0. The number of amides is 2. The minimum atomic E-state index is -0.790. The lowest BCUT2D eigenvalue weighted by Crippen LogP contribution is -2.46. The molecule has 0 radical (unpaired) electrons. The van der Waals surface area contributed by atoms with Crippen LogP contribution in [-0.2, 0) is 0 Å². The molecule has 35 heavy (non-hydrogen) atoms. The van der Waals surface area contributed by atoms with Crippen LogP contribution in [-0.4, -0.2) is 16.2 Å². The zero-order valence-electron chi connectivity index (χ0n) is 19.3. The van der Waals surface area contributed by atoms with Gasteiger partial charge < -0.3 is 9.84 Å². The summed E-state index contributed by atoms with van der Waals surface area (Å²) in [6.07, 6.45) is 0. The van der Waals surface area contributed by atoms with Crippen molar-refractivity contribution in [2.45, 2.75) is 26.8 Å². The number of aryl methyl sites for hydroxylation is 2. The van der Waals surface area contributed by atoms with Crippen LogP contribution in [0.25, 0.3) is 17.0 Å². The third-order valence-electron chi connectivity index (χ3n) is 5.93. The van der Waals surface area contributed by atoms with E-state index >= 15 is 0 Å². The molecule has 0 saturated carbocycles. The Bertz CT molecular complexity index is 1440. The molecule has 2 heterocycles. The van der Waals surface area contributed by atoms with Crippen molar-refractivity contribution in [3.63, 3.8) is 0 Å². The van der Waals surface area contributed by atoms with E-state index in [1.807, 2.05) is 62.4 Å². The second-order valence-corrected chi connectivity index (χ2v) is 8.55. The second kappa shape index (κ2) is 8.79. The second-order valence-electron chi connectivity index (χ2n) is 8.55. The molecule has 1 unspecified atom stereocenters. The Labute approximate surface area is 200 Å². The van der Waals surface area contributed by atoms with Crippen LogP contribution in [0.3, 0.4) is 0 Å². The molecule has 0 spiro atoms. The number of hydrogen-bond donors (Lipinski definition) is 1. The van der Waals surface area contributed by atoms with Gasteiger partial charge in [0, 0.05) is 17.3 Å². The van der Waals surface area contributed by atoms with Gasteiger partial charge in [-0.1, -0.05) is 58.7 Å². The third kappa shape index (κ3) is 4.30. The van der Waals surface area contributed by atoms with Gasteiger partial charge in [-0.2, -0.15) is 4.98 Å². The van der Waals surface area contributed by atoms with Crippen molar-refractivity contribution in [3.05, 3.63) is 107 Å². The van der Waals surface area contributed by atoms with Crippen LogP contribution in [0, 0.1) is 25.5 Å². The Balaban J connectivity index is 1.67. The van der Waals surface area contributed by atoms with Gasteiger partial charge >= 0.3 is 6.03 Å². The van der Waals surface area contributed by atoms with E-state index in [1.54, 1.807) is 6.92 Å². The lowest BCUT2D eigenvalue weighted by molar-refractivity contribution is 0.244. The molecule has 1 aliphatic heterocycles. The maximum Gasteiger partial charge on any atom is 0.327 e. The summed E-state index contributed by atoms with van der Waals surface area (Å²) in [5.41, 5.74) is 4.71. The Kier molecular flexibility index (Phi) is 5.64. The van der Waals surface area contributed by atoms with E-state index < -0.39 is 23.7 Å². The van der Waals surface area contributed by atoms with Crippen LogP contribution in [0.2, 0.25) is 0 Å². The molecule has 6 nitrogen and oxygen atoms in total. The summed E-state index contributed by atoms with van der Waals surface area (Å²) in [5, 5.41) is 7.09. The minimum Gasteiger partial charge on any atom is -0.334 e. The van der Waals surface area contributed by atoms with Crippen LogP contribution in [0.1, 0.15) is 35.5 Å². The first kappa shape index (κ1) is 22.5. The van der Waals surface area contributed by atoms with Crippen LogP contribution in [0.15, 0.2) is 77.0 Å². The van der Waals surface area contributed by atoms with Gasteiger partial charge in [0.2, 0.25) is 5.82 Å². The van der Waals surface area contributed by atoms with E-state index in [1.165, 1.54) is 4.90 Å². The van der Waals surface area contributed by atoms with E-state index in [4.69, 9.17) is 4.52 Å². The molecular weight excluding hydrogens is 450 g/mol. The summed E-state index contributed by atoms with van der Waals surface area (Å²) in [6.45, 7) is 5.63. The molecule has 3 aromatic carbocycles. The number of allylic oxidation sites excluding steroid dienone is 1. The number of halogens is 2. The van der Waals surface area contributed by atoms with Crippen molar-refractivity contribution in [1.29, 1.82) is 0 Å². The van der Waals surface area contributed by atoms with Gasteiger partial charge in [-0.3, -0.25) is 4.90 Å². The monoisotopic (exact) mass is 472 g/mol. The summed E-state index contributed by atoms with van der Waals surface area (Å²) < 4.78 is 33.7. The van der Waals surface area contributed by atoms with E-state index in [0.717, 1.165) is 40.5 Å². The van der Waals surface area contributed by atoms with Gasteiger partial charge in [0.1, 0.15) is 11.6 Å². The maximum atomic E-state index is 14.0. The van der Waals surface area contributed by atoms with Gasteiger partial charge in [-0.25, -0.2) is 13.6 Å². The minimum absolute atomic E-state index is 0.0516. The van der Waals surface area contributed by atoms with Crippen molar-refractivity contribution >= 4 is 17.3 Å². The summed E-state index contributed by atoms with van der Waals surface area (Å²) >= 11 is 0. The molecule has 0 saturated heterocycles. The number of carbonyl (C=O) groups is 1. The van der Waals surface area contributed by atoms with Gasteiger partial charge in [0.05, 0.1) is 17.3 Å². The van der Waals surface area contributed by atoms with Gasteiger partial charge in [-0.15, -0.1) is 0 Å².